The Labute approximate surface area is 114 Å². The summed E-state index contributed by atoms with van der Waals surface area (Å²) in [5, 5.41) is 12.4. The Morgan fingerprint density at radius 1 is 1.28 bits per heavy atom. The van der Waals surface area contributed by atoms with Crippen LogP contribution < -0.4 is 5.32 Å². The highest BCUT2D eigenvalue weighted by Crippen LogP contribution is 2.14. The molecule has 0 aromatic carbocycles. The predicted octanol–water partition coefficient (Wildman–Crippen LogP) is 3.02. The second-order valence-corrected chi connectivity index (χ2v) is 5.90. The summed E-state index contributed by atoms with van der Waals surface area (Å²) in [5.74, 6) is 0.695. The van der Waals surface area contributed by atoms with Crippen LogP contribution in [0, 0.1) is 17.2 Å². The van der Waals surface area contributed by atoms with Crippen LogP contribution >= 0.6 is 0 Å². The number of nitriles is 1. The molecule has 0 aromatic rings. The summed E-state index contributed by atoms with van der Waals surface area (Å²) in [5.41, 5.74) is -0.350. The van der Waals surface area contributed by atoms with Gasteiger partial charge in [0.15, 0.2) is 0 Å². The summed E-state index contributed by atoms with van der Waals surface area (Å²) in [6.45, 7) is 12.8. The molecule has 3 nitrogen and oxygen atoms in total. The van der Waals surface area contributed by atoms with Gasteiger partial charge in [0.1, 0.15) is 5.54 Å². The molecule has 0 saturated carbocycles. The summed E-state index contributed by atoms with van der Waals surface area (Å²) < 4.78 is 0. The Morgan fingerprint density at radius 2 is 1.89 bits per heavy atom. The normalized spacial score (nSPS) is 16.6. The molecule has 0 fully saturated rings. The second-order valence-electron chi connectivity index (χ2n) is 5.90. The zero-order chi connectivity index (χ0) is 14.2. The van der Waals surface area contributed by atoms with Crippen LogP contribution in [0.5, 0.6) is 0 Å². The average molecular weight is 253 g/mol. The van der Waals surface area contributed by atoms with Crippen molar-refractivity contribution in [3.63, 3.8) is 0 Å². The van der Waals surface area contributed by atoms with Crippen molar-refractivity contribution in [1.82, 2.24) is 10.2 Å². The lowest BCUT2D eigenvalue weighted by atomic mass is 9.96. The van der Waals surface area contributed by atoms with Crippen LogP contribution in [-0.4, -0.2) is 36.6 Å². The molecule has 2 unspecified atom stereocenters. The monoisotopic (exact) mass is 253 g/mol. The number of nitrogens with one attached hydrogen (secondary N) is 1. The number of unbranched alkanes of at least 4 members (excludes halogenated alkanes) is 1. The minimum Gasteiger partial charge on any atom is -0.303 e. The molecule has 0 aliphatic carbocycles. The molecule has 0 aliphatic heterocycles. The molecule has 0 bridgehead atoms. The number of hydrogen-bond acceptors (Lipinski definition) is 3. The third-order valence-corrected chi connectivity index (χ3v) is 3.91. The lowest BCUT2D eigenvalue weighted by molar-refractivity contribution is 0.202. The van der Waals surface area contributed by atoms with Crippen molar-refractivity contribution in [3.05, 3.63) is 0 Å². The van der Waals surface area contributed by atoms with Crippen LogP contribution in [0.4, 0.5) is 0 Å². The van der Waals surface area contributed by atoms with Gasteiger partial charge in [-0.3, -0.25) is 5.32 Å². The topological polar surface area (TPSA) is 39.1 Å². The van der Waals surface area contributed by atoms with Gasteiger partial charge in [0.2, 0.25) is 0 Å². The molecule has 0 amide bonds. The van der Waals surface area contributed by atoms with Gasteiger partial charge in [0.05, 0.1) is 6.07 Å². The quantitative estimate of drug-likeness (QED) is 0.642. The molecule has 3 heteroatoms. The molecule has 18 heavy (non-hydrogen) atoms. The van der Waals surface area contributed by atoms with Crippen molar-refractivity contribution < 1.29 is 0 Å². The van der Waals surface area contributed by atoms with Crippen molar-refractivity contribution in [1.29, 1.82) is 5.26 Å². The third-order valence-electron chi connectivity index (χ3n) is 3.91. The molecule has 0 aromatic heterocycles. The maximum Gasteiger partial charge on any atom is 0.103 e. The molecule has 0 spiro atoms. The molecule has 0 aliphatic rings. The fraction of sp³-hybridized carbons (Fsp3) is 0.933. The van der Waals surface area contributed by atoms with E-state index >= 15 is 0 Å². The smallest absolute Gasteiger partial charge is 0.103 e. The largest absolute Gasteiger partial charge is 0.303 e. The second kappa shape index (κ2) is 8.50. The number of hydrogen-bond donors (Lipinski definition) is 1. The highest BCUT2D eigenvalue weighted by Gasteiger charge is 2.21. The first-order valence-corrected chi connectivity index (χ1v) is 7.22. The molecule has 1 N–H and O–H groups in total. The first-order chi connectivity index (χ1) is 8.36. The first-order valence-electron chi connectivity index (χ1n) is 7.22. The highest BCUT2D eigenvalue weighted by molar-refractivity contribution is 5.03. The zero-order valence-corrected chi connectivity index (χ0v) is 13.1. The maximum absolute atomic E-state index is 9.16. The fourth-order valence-electron chi connectivity index (χ4n) is 2.13. The van der Waals surface area contributed by atoms with E-state index in [9.17, 15) is 0 Å². The van der Waals surface area contributed by atoms with Crippen molar-refractivity contribution in [2.45, 2.75) is 65.5 Å². The van der Waals surface area contributed by atoms with Gasteiger partial charge in [-0.25, -0.2) is 0 Å². The van der Waals surface area contributed by atoms with E-state index in [0.717, 1.165) is 32.4 Å². The van der Waals surface area contributed by atoms with E-state index in [-0.39, 0.29) is 5.54 Å². The third kappa shape index (κ3) is 6.37. The molecular formula is C15H31N3. The molecule has 106 valence electrons. The van der Waals surface area contributed by atoms with Gasteiger partial charge >= 0.3 is 0 Å². The Morgan fingerprint density at radius 3 is 2.33 bits per heavy atom. The van der Waals surface area contributed by atoms with E-state index in [1.54, 1.807) is 0 Å². The molecule has 0 heterocycles. The molecular weight excluding hydrogens is 222 g/mol. The lowest BCUT2D eigenvalue weighted by Crippen LogP contribution is -2.41. The van der Waals surface area contributed by atoms with Crippen molar-refractivity contribution in [2.75, 3.05) is 20.1 Å². The number of nitrogens with zero attached hydrogens (tertiary/aromatic N) is 2. The van der Waals surface area contributed by atoms with Gasteiger partial charge in [-0.05, 0) is 59.2 Å². The van der Waals surface area contributed by atoms with E-state index in [1.807, 2.05) is 13.8 Å². The summed E-state index contributed by atoms with van der Waals surface area (Å²) in [7, 11) is 2.19. The molecule has 0 rings (SSSR count). The summed E-state index contributed by atoms with van der Waals surface area (Å²) in [4.78, 5) is 2.42. The lowest BCUT2D eigenvalue weighted by Gasteiger charge is -2.28. The highest BCUT2D eigenvalue weighted by atomic mass is 15.1. The maximum atomic E-state index is 9.16. The van der Waals surface area contributed by atoms with Crippen molar-refractivity contribution in [3.8, 4) is 6.07 Å². The van der Waals surface area contributed by atoms with Crippen LogP contribution in [0.3, 0.4) is 0 Å². The van der Waals surface area contributed by atoms with Gasteiger partial charge in [-0.1, -0.05) is 20.8 Å². The molecule has 0 radical (unpaired) electrons. The first kappa shape index (κ1) is 17.4. The molecule has 2 atom stereocenters. The minimum atomic E-state index is -0.350. The van der Waals surface area contributed by atoms with Crippen molar-refractivity contribution in [2.24, 2.45) is 5.92 Å². The van der Waals surface area contributed by atoms with Gasteiger partial charge in [0, 0.05) is 6.04 Å². The van der Waals surface area contributed by atoms with E-state index < -0.39 is 0 Å². The Balaban J connectivity index is 3.89. The summed E-state index contributed by atoms with van der Waals surface area (Å²) in [6.07, 6.45) is 3.20. The fourth-order valence-corrected chi connectivity index (χ4v) is 2.13. The predicted molar refractivity (Wildman–Crippen MR) is 78.5 cm³/mol. The van der Waals surface area contributed by atoms with E-state index in [2.05, 4.69) is 44.1 Å². The van der Waals surface area contributed by atoms with E-state index in [4.69, 9.17) is 5.26 Å². The van der Waals surface area contributed by atoms with Crippen LogP contribution in [-0.2, 0) is 0 Å². The van der Waals surface area contributed by atoms with Gasteiger partial charge < -0.3 is 4.90 Å². The van der Waals surface area contributed by atoms with E-state index in [0.29, 0.717) is 12.0 Å². The van der Waals surface area contributed by atoms with Crippen molar-refractivity contribution >= 4 is 0 Å². The summed E-state index contributed by atoms with van der Waals surface area (Å²) in [6, 6.07) is 3.01. The van der Waals surface area contributed by atoms with Crippen LogP contribution in [0.15, 0.2) is 0 Å². The van der Waals surface area contributed by atoms with Crippen LogP contribution in [0.1, 0.15) is 53.9 Å². The zero-order valence-electron chi connectivity index (χ0n) is 13.1. The average Bonchev–Trinajstić information content (AvgIpc) is 2.33. The van der Waals surface area contributed by atoms with Gasteiger partial charge in [-0.2, -0.15) is 5.26 Å². The molecule has 0 saturated heterocycles. The van der Waals surface area contributed by atoms with Gasteiger partial charge in [0.25, 0.3) is 0 Å². The Kier molecular flexibility index (Phi) is 8.22. The Bertz CT molecular complexity index is 257. The minimum absolute atomic E-state index is 0.350. The summed E-state index contributed by atoms with van der Waals surface area (Å²) >= 11 is 0. The van der Waals surface area contributed by atoms with E-state index in [1.165, 1.54) is 0 Å². The number of rotatable bonds is 9. The SMILES string of the molecule is CCNC(C)(C#N)CCCCN(C)C(C)C(C)C. The van der Waals surface area contributed by atoms with Gasteiger partial charge in [-0.15, -0.1) is 0 Å². The van der Waals surface area contributed by atoms with Crippen LogP contribution in [0.25, 0.3) is 0 Å². The van der Waals surface area contributed by atoms with Crippen LogP contribution in [0.2, 0.25) is 0 Å². The standard InChI is InChI=1S/C15H31N3/c1-7-17-15(5,12-16)10-8-9-11-18(6)14(4)13(2)3/h13-14,17H,7-11H2,1-6H3. The Hall–Kier alpha value is -0.590.